The summed E-state index contributed by atoms with van der Waals surface area (Å²) in [6, 6.07) is 7.11. The SMILES string of the molecule is CCOc1ccc(C(=O)N2CCN(c3ncccc3Cl)CC2)cn1. The van der Waals surface area contributed by atoms with E-state index < -0.39 is 0 Å². The van der Waals surface area contributed by atoms with Crippen LogP contribution < -0.4 is 9.64 Å². The normalized spacial score (nSPS) is 14.6. The predicted molar refractivity (Wildman–Crippen MR) is 92.8 cm³/mol. The first-order valence-electron chi connectivity index (χ1n) is 7.92. The number of pyridine rings is 2. The lowest BCUT2D eigenvalue weighted by Gasteiger charge is -2.35. The van der Waals surface area contributed by atoms with Crippen molar-refractivity contribution in [2.75, 3.05) is 37.7 Å². The molecule has 2 aromatic heterocycles. The van der Waals surface area contributed by atoms with Crippen LogP contribution in [0, 0.1) is 0 Å². The van der Waals surface area contributed by atoms with E-state index in [0.29, 0.717) is 49.3 Å². The lowest BCUT2D eigenvalue weighted by molar-refractivity contribution is 0.0746. The van der Waals surface area contributed by atoms with Gasteiger partial charge in [-0.05, 0) is 25.1 Å². The van der Waals surface area contributed by atoms with Gasteiger partial charge in [0.05, 0.1) is 17.2 Å². The first kappa shape index (κ1) is 16.5. The molecule has 0 saturated carbocycles. The van der Waals surface area contributed by atoms with Crippen LogP contribution in [-0.2, 0) is 0 Å². The van der Waals surface area contributed by atoms with E-state index in [1.54, 1.807) is 24.5 Å². The van der Waals surface area contributed by atoms with E-state index in [0.717, 1.165) is 5.82 Å². The molecule has 24 heavy (non-hydrogen) atoms. The second-order valence-electron chi connectivity index (χ2n) is 5.41. The summed E-state index contributed by atoms with van der Waals surface area (Å²) in [6.45, 7) is 5.10. The molecule has 0 aromatic carbocycles. The van der Waals surface area contributed by atoms with Crippen LogP contribution in [0.5, 0.6) is 5.88 Å². The summed E-state index contributed by atoms with van der Waals surface area (Å²) in [7, 11) is 0. The molecule has 126 valence electrons. The molecule has 7 heteroatoms. The fraction of sp³-hybridized carbons (Fsp3) is 0.353. The summed E-state index contributed by atoms with van der Waals surface area (Å²) in [6.07, 6.45) is 3.29. The van der Waals surface area contributed by atoms with Gasteiger partial charge in [0.15, 0.2) is 0 Å². The fourth-order valence-corrected chi connectivity index (χ4v) is 2.90. The van der Waals surface area contributed by atoms with Gasteiger partial charge in [0.2, 0.25) is 5.88 Å². The number of halogens is 1. The number of hydrogen-bond donors (Lipinski definition) is 0. The minimum absolute atomic E-state index is 0.0164. The molecule has 3 heterocycles. The summed E-state index contributed by atoms with van der Waals surface area (Å²) < 4.78 is 5.30. The maximum absolute atomic E-state index is 12.6. The van der Waals surface area contributed by atoms with Gasteiger partial charge in [-0.3, -0.25) is 4.79 Å². The molecule has 1 aliphatic heterocycles. The molecule has 1 aliphatic rings. The van der Waals surface area contributed by atoms with Crippen molar-refractivity contribution in [3.05, 3.63) is 47.2 Å². The molecule has 6 nitrogen and oxygen atoms in total. The number of aromatic nitrogens is 2. The Bertz CT molecular complexity index is 700. The Morgan fingerprint density at radius 1 is 1.21 bits per heavy atom. The van der Waals surface area contributed by atoms with Crippen LogP contribution >= 0.6 is 11.6 Å². The van der Waals surface area contributed by atoms with Gasteiger partial charge < -0.3 is 14.5 Å². The van der Waals surface area contributed by atoms with Crippen LogP contribution in [0.4, 0.5) is 5.82 Å². The highest BCUT2D eigenvalue weighted by molar-refractivity contribution is 6.32. The van der Waals surface area contributed by atoms with Gasteiger partial charge in [-0.15, -0.1) is 0 Å². The van der Waals surface area contributed by atoms with Crippen molar-refractivity contribution < 1.29 is 9.53 Å². The van der Waals surface area contributed by atoms with Crippen molar-refractivity contribution in [2.24, 2.45) is 0 Å². The van der Waals surface area contributed by atoms with Crippen LogP contribution in [0.3, 0.4) is 0 Å². The van der Waals surface area contributed by atoms with Gasteiger partial charge in [-0.25, -0.2) is 9.97 Å². The van der Waals surface area contributed by atoms with Gasteiger partial charge in [0, 0.05) is 44.6 Å². The Kier molecular flexibility index (Phi) is 5.15. The standard InChI is InChI=1S/C17H19ClN4O2/c1-2-24-15-6-5-13(12-20-15)17(23)22-10-8-21(9-11-22)16-14(18)4-3-7-19-16/h3-7,12H,2,8-11H2,1H3. The first-order valence-corrected chi connectivity index (χ1v) is 8.30. The van der Waals surface area contributed by atoms with Crippen LogP contribution in [0.15, 0.2) is 36.7 Å². The topological polar surface area (TPSA) is 58.6 Å². The molecule has 1 fully saturated rings. The molecule has 0 N–H and O–H groups in total. The smallest absolute Gasteiger partial charge is 0.255 e. The van der Waals surface area contributed by atoms with Gasteiger partial charge in [0.1, 0.15) is 5.82 Å². The van der Waals surface area contributed by atoms with Gasteiger partial charge in [0.25, 0.3) is 5.91 Å². The third-order valence-electron chi connectivity index (χ3n) is 3.88. The molecule has 0 unspecified atom stereocenters. The Balaban J connectivity index is 1.62. The highest BCUT2D eigenvalue weighted by atomic mass is 35.5. The van der Waals surface area contributed by atoms with Crippen molar-refractivity contribution in [1.82, 2.24) is 14.9 Å². The van der Waals surface area contributed by atoms with Crippen molar-refractivity contribution in [1.29, 1.82) is 0 Å². The number of ether oxygens (including phenoxy) is 1. The Morgan fingerprint density at radius 2 is 2.00 bits per heavy atom. The van der Waals surface area contributed by atoms with Gasteiger partial charge in [-0.2, -0.15) is 0 Å². The molecule has 0 bridgehead atoms. The third kappa shape index (κ3) is 3.59. The molecular weight excluding hydrogens is 328 g/mol. The zero-order valence-electron chi connectivity index (χ0n) is 13.5. The molecule has 2 aromatic rings. The molecule has 0 aliphatic carbocycles. The predicted octanol–water partition coefficient (Wildman–Crippen LogP) is 2.49. The number of amides is 1. The maximum atomic E-state index is 12.6. The summed E-state index contributed by atoms with van der Waals surface area (Å²) in [4.78, 5) is 25.0. The number of anilines is 1. The lowest BCUT2D eigenvalue weighted by Crippen LogP contribution is -2.49. The number of rotatable bonds is 4. The average molecular weight is 347 g/mol. The number of carbonyl (C=O) groups excluding carboxylic acids is 1. The van der Waals surface area contributed by atoms with Crippen LogP contribution in [0.1, 0.15) is 17.3 Å². The van der Waals surface area contributed by atoms with Crippen molar-refractivity contribution in [3.63, 3.8) is 0 Å². The maximum Gasteiger partial charge on any atom is 0.255 e. The molecule has 1 saturated heterocycles. The fourth-order valence-electron chi connectivity index (χ4n) is 2.65. The molecule has 0 radical (unpaired) electrons. The second kappa shape index (κ2) is 7.49. The summed E-state index contributed by atoms with van der Waals surface area (Å²) >= 11 is 6.19. The molecular formula is C17H19ClN4O2. The zero-order valence-corrected chi connectivity index (χ0v) is 14.2. The molecule has 0 spiro atoms. The van der Waals surface area contributed by atoms with Crippen LogP contribution in [-0.4, -0.2) is 53.6 Å². The lowest BCUT2D eigenvalue weighted by atomic mass is 10.2. The van der Waals surface area contributed by atoms with E-state index in [-0.39, 0.29) is 5.91 Å². The third-order valence-corrected chi connectivity index (χ3v) is 4.18. The van der Waals surface area contributed by atoms with Crippen LogP contribution in [0.2, 0.25) is 5.02 Å². The van der Waals surface area contributed by atoms with Gasteiger partial charge in [-0.1, -0.05) is 11.6 Å². The molecule has 3 rings (SSSR count). The van der Waals surface area contributed by atoms with Crippen molar-refractivity contribution in [3.8, 4) is 5.88 Å². The highest BCUT2D eigenvalue weighted by Gasteiger charge is 2.24. The van der Waals surface area contributed by atoms with E-state index in [9.17, 15) is 4.79 Å². The highest BCUT2D eigenvalue weighted by Crippen LogP contribution is 2.23. The second-order valence-corrected chi connectivity index (χ2v) is 5.81. The largest absolute Gasteiger partial charge is 0.478 e. The van der Waals surface area contributed by atoms with E-state index in [1.807, 2.05) is 24.0 Å². The monoisotopic (exact) mass is 346 g/mol. The minimum atomic E-state index is -0.0164. The number of piperazine rings is 1. The summed E-state index contributed by atoms with van der Waals surface area (Å²) in [5, 5.41) is 0.632. The van der Waals surface area contributed by atoms with E-state index in [2.05, 4.69) is 14.9 Å². The number of nitrogens with zero attached hydrogens (tertiary/aromatic N) is 4. The average Bonchev–Trinajstić information content (AvgIpc) is 2.63. The summed E-state index contributed by atoms with van der Waals surface area (Å²) in [5.74, 6) is 1.29. The Morgan fingerprint density at radius 3 is 2.62 bits per heavy atom. The number of hydrogen-bond acceptors (Lipinski definition) is 5. The van der Waals surface area contributed by atoms with Crippen LogP contribution in [0.25, 0.3) is 0 Å². The van der Waals surface area contributed by atoms with Crippen molar-refractivity contribution in [2.45, 2.75) is 6.92 Å². The van der Waals surface area contributed by atoms with E-state index in [4.69, 9.17) is 16.3 Å². The van der Waals surface area contributed by atoms with Crippen molar-refractivity contribution >= 4 is 23.3 Å². The quantitative estimate of drug-likeness (QED) is 0.851. The zero-order chi connectivity index (χ0) is 16.9. The van der Waals surface area contributed by atoms with E-state index >= 15 is 0 Å². The van der Waals surface area contributed by atoms with Gasteiger partial charge >= 0.3 is 0 Å². The van der Waals surface area contributed by atoms with E-state index in [1.165, 1.54) is 0 Å². The summed E-state index contributed by atoms with van der Waals surface area (Å²) in [5.41, 5.74) is 0.572. The first-order chi connectivity index (χ1) is 11.7. The molecule has 1 amide bonds. The minimum Gasteiger partial charge on any atom is -0.478 e. The Hall–Kier alpha value is -2.34. The molecule has 0 atom stereocenters. The Labute approximate surface area is 146 Å². The number of carbonyl (C=O) groups is 1.